The van der Waals surface area contributed by atoms with Gasteiger partial charge in [-0.2, -0.15) is 13.2 Å². The lowest BCUT2D eigenvalue weighted by Crippen LogP contribution is -2.08. The van der Waals surface area contributed by atoms with E-state index in [-0.39, 0.29) is 10.9 Å². The first-order valence-corrected chi connectivity index (χ1v) is 5.28. The molecule has 0 aliphatic heterocycles. The fraction of sp³-hybridized carbons (Fsp3) is 0.250. The van der Waals surface area contributed by atoms with E-state index in [2.05, 4.69) is 31.9 Å². The topological polar surface area (TPSA) is 0 Å². The van der Waals surface area contributed by atoms with Crippen molar-refractivity contribution in [1.29, 1.82) is 0 Å². The summed E-state index contributed by atoms with van der Waals surface area (Å²) in [5.74, 6) is 0. The lowest BCUT2D eigenvalue weighted by molar-refractivity contribution is -0.138. The second-order valence-corrected chi connectivity index (χ2v) is 3.91. The summed E-state index contributed by atoms with van der Waals surface area (Å²) in [5.41, 5.74) is -0.352. The van der Waals surface area contributed by atoms with Gasteiger partial charge in [0.25, 0.3) is 0 Å². The van der Waals surface area contributed by atoms with Gasteiger partial charge in [0.2, 0.25) is 0 Å². The Morgan fingerprint density at radius 3 is 2.31 bits per heavy atom. The lowest BCUT2D eigenvalue weighted by atomic mass is 10.1. The van der Waals surface area contributed by atoms with Crippen LogP contribution in [0.2, 0.25) is 0 Å². The molecule has 0 saturated carbocycles. The zero-order chi connectivity index (χ0) is 10.1. The molecule has 0 radical (unpaired) electrons. The first kappa shape index (κ1) is 11.0. The number of rotatable bonds is 1. The van der Waals surface area contributed by atoms with Crippen LogP contribution < -0.4 is 0 Å². The van der Waals surface area contributed by atoms with Crippen molar-refractivity contribution < 1.29 is 13.2 Å². The molecule has 0 spiro atoms. The highest BCUT2D eigenvalue weighted by molar-refractivity contribution is 9.10. The van der Waals surface area contributed by atoms with Gasteiger partial charge in [0.15, 0.2) is 0 Å². The smallest absolute Gasteiger partial charge is 0.166 e. The predicted octanol–water partition coefficient (Wildman–Crippen LogP) is 4.36. The zero-order valence-electron chi connectivity index (χ0n) is 6.33. The van der Waals surface area contributed by atoms with Crippen LogP contribution in [0.3, 0.4) is 0 Å². The van der Waals surface area contributed by atoms with Crippen molar-refractivity contribution in [3.63, 3.8) is 0 Å². The number of benzene rings is 1. The van der Waals surface area contributed by atoms with Crippen molar-refractivity contribution in [1.82, 2.24) is 0 Å². The van der Waals surface area contributed by atoms with Gasteiger partial charge in [0.1, 0.15) is 0 Å². The van der Waals surface area contributed by atoms with Crippen LogP contribution in [0.25, 0.3) is 0 Å². The highest BCUT2D eigenvalue weighted by Gasteiger charge is 2.32. The van der Waals surface area contributed by atoms with Gasteiger partial charge in [-0.15, -0.1) is 0 Å². The van der Waals surface area contributed by atoms with E-state index in [0.29, 0.717) is 4.47 Å². The Kier molecular flexibility index (Phi) is 3.40. The zero-order valence-corrected chi connectivity index (χ0v) is 9.50. The maximum atomic E-state index is 12.3. The summed E-state index contributed by atoms with van der Waals surface area (Å²) >= 11 is 6.13. The maximum absolute atomic E-state index is 12.3. The molecule has 0 bridgehead atoms. The summed E-state index contributed by atoms with van der Waals surface area (Å²) in [5, 5.41) is 0.196. The van der Waals surface area contributed by atoms with Crippen molar-refractivity contribution >= 4 is 31.9 Å². The van der Waals surface area contributed by atoms with Gasteiger partial charge < -0.3 is 0 Å². The first-order valence-electron chi connectivity index (χ1n) is 3.36. The maximum Gasteiger partial charge on any atom is 0.416 e. The van der Waals surface area contributed by atoms with E-state index in [4.69, 9.17) is 0 Å². The minimum absolute atomic E-state index is 0.196. The van der Waals surface area contributed by atoms with Gasteiger partial charge in [0, 0.05) is 9.80 Å². The summed E-state index contributed by atoms with van der Waals surface area (Å²) in [6.45, 7) is 0. The summed E-state index contributed by atoms with van der Waals surface area (Å²) < 4.78 is 37.6. The molecule has 0 atom stereocenters. The molecule has 0 amide bonds. The fourth-order valence-corrected chi connectivity index (χ4v) is 1.82. The Morgan fingerprint density at radius 2 is 1.85 bits per heavy atom. The van der Waals surface area contributed by atoms with E-state index in [1.54, 1.807) is 0 Å². The summed E-state index contributed by atoms with van der Waals surface area (Å²) in [6, 6.07) is 3.91. The molecule has 1 aromatic carbocycles. The van der Waals surface area contributed by atoms with Gasteiger partial charge in [-0.1, -0.05) is 31.9 Å². The Labute approximate surface area is 90.4 Å². The van der Waals surface area contributed by atoms with Gasteiger partial charge in [-0.3, -0.25) is 0 Å². The molecule has 1 rings (SSSR count). The SMILES string of the molecule is FC(F)(F)c1ccc(Br)cc1CBr. The molecule has 0 saturated heterocycles. The number of hydrogen-bond donors (Lipinski definition) is 0. The normalized spacial score (nSPS) is 11.8. The number of alkyl halides is 4. The van der Waals surface area contributed by atoms with E-state index >= 15 is 0 Å². The monoisotopic (exact) mass is 316 g/mol. The van der Waals surface area contributed by atoms with Crippen LogP contribution in [0.1, 0.15) is 11.1 Å². The van der Waals surface area contributed by atoms with Crippen LogP contribution in [0, 0.1) is 0 Å². The minimum Gasteiger partial charge on any atom is -0.166 e. The second kappa shape index (κ2) is 4.00. The average molecular weight is 318 g/mol. The summed E-state index contributed by atoms with van der Waals surface area (Å²) in [7, 11) is 0. The highest BCUT2D eigenvalue weighted by atomic mass is 79.9. The van der Waals surface area contributed by atoms with Crippen molar-refractivity contribution in [2.75, 3.05) is 0 Å². The average Bonchev–Trinajstić information content (AvgIpc) is 2.01. The van der Waals surface area contributed by atoms with Crippen LogP contribution >= 0.6 is 31.9 Å². The van der Waals surface area contributed by atoms with E-state index in [1.165, 1.54) is 12.1 Å². The Hall–Kier alpha value is -0.0300. The van der Waals surface area contributed by atoms with E-state index in [9.17, 15) is 13.2 Å². The predicted molar refractivity (Wildman–Crippen MR) is 51.8 cm³/mol. The fourth-order valence-electron chi connectivity index (χ4n) is 0.949. The van der Waals surface area contributed by atoms with Crippen LogP contribution in [-0.4, -0.2) is 0 Å². The molecule has 0 N–H and O–H groups in total. The van der Waals surface area contributed by atoms with Crippen molar-refractivity contribution in [3.8, 4) is 0 Å². The number of hydrogen-bond acceptors (Lipinski definition) is 0. The van der Waals surface area contributed by atoms with E-state index < -0.39 is 11.7 Å². The van der Waals surface area contributed by atoms with Gasteiger partial charge in [-0.25, -0.2) is 0 Å². The first-order chi connectivity index (χ1) is 5.95. The molecule has 0 aliphatic rings. The quantitative estimate of drug-likeness (QED) is 0.675. The summed E-state index contributed by atoms with van der Waals surface area (Å²) in [4.78, 5) is 0. The van der Waals surface area contributed by atoms with Crippen molar-refractivity contribution in [3.05, 3.63) is 33.8 Å². The summed E-state index contributed by atoms with van der Waals surface area (Å²) in [6.07, 6.45) is -4.27. The molecule has 0 aromatic heterocycles. The Balaban J connectivity index is 3.22. The lowest BCUT2D eigenvalue weighted by Gasteiger charge is -2.10. The Morgan fingerprint density at radius 1 is 1.23 bits per heavy atom. The van der Waals surface area contributed by atoms with Crippen LogP contribution in [0.4, 0.5) is 13.2 Å². The second-order valence-electron chi connectivity index (χ2n) is 2.43. The van der Waals surface area contributed by atoms with Crippen molar-refractivity contribution in [2.24, 2.45) is 0 Å². The van der Waals surface area contributed by atoms with Gasteiger partial charge in [0.05, 0.1) is 5.56 Å². The van der Waals surface area contributed by atoms with Crippen LogP contribution in [0.15, 0.2) is 22.7 Å². The molecule has 13 heavy (non-hydrogen) atoms. The molecule has 0 nitrogen and oxygen atoms in total. The molecular weight excluding hydrogens is 313 g/mol. The van der Waals surface area contributed by atoms with Gasteiger partial charge in [-0.05, 0) is 23.8 Å². The minimum atomic E-state index is -4.27. The van der Waals surface area contributed by atoms with Crippen molar-refractivity contribution in [2.45, 2.75) is 11.5 Å². The third-order valence-electron chi connectivity index (χ3n) is 1.52. The van der Waals surface area contributed by atoms with E-state index in [1.807, 2.05) is 0 Å². The largest absolute Gasteiger partial charge is 0.416 e. The molecule has 5 heteroatoms. The van der Waals surface area contributed by atoms with Gasteiger partial charge >= 0.3 is 6.18 Å². The van der Waals surface area contributed by atoms with Crippen LogP contribution in [-0.2, 0) is 11.5 Å². The molecule has 0 heterocycles. The molecular formula is C8H5Br2F3. The molecule has 0 fully saturated rings. The standard InChI is InChI=1S/C8H5Br2F3/c9-4-5-3-6(10)1-2-7(5)8(11,12)13/h1-3H,4H2. The molecule has 1 aromatic rings. The molecule has 0 unspecified atom stereocenters. The highest BCUT2D eigenvalue weighted by Crippen LogP contribution is 2.34. The molecule has 72 valence electrons. The third-order valence-corrected chi connectivity index (χ3v) is 2.61. The molecule has 0 aliphatic carbocycles. The third kappa shape index (κ3) is 2.71. The van der Waals surface area contributed by atoms with E-state index in [0.717, 1.165) is 6.07 Å². The number of halogens is 5. The Bertz CT molecular complexity index is 307. The van der Waals surface area contributed by atoms with Crippen LogP contribution in [0.5, 0.6) is 0 Å².